The van der Waals surface area contributed by atoms with Crippen LogP contribution in [0.3, 0.4) is 0 Å². The van der Waals surface area contributed by atoms with Crippen LogP contribution in [0.5, 0.6) is 0 Å². The first-order valence-corrected chi connectivity index (χ1v) is 8.30. The maximum Gasteiger partial charge on any atom is 0.416 e. The van der Waals surface area contributed by atoms with E-state index < -0.39 is 21.8 Å². The highest BCUT2D eigenvalue weighted by Crippen LogP contribution is 2.34. The molecule has 0 saturated carbocycles. The molecule has 0 aromatic heterocycles. The van der Waals surface area contributed by atoms with Gasteiger partial charge in [-0.25, -0.2) is 8.42 Å². The van der Waals surface area contributed by atoms with Crippen LogP contribution in [0.25, 0.3) is 0 Å². The van der Waals surface area contributed by atoms with Gasteiger partial charge in [-0.15, -0.1) is 0 Å². The average Bonchev–Trinajstić information content (AvgIpc) is 2.79. The molecule has 124 valence electrons. The third-order valence-corrected chi connectivity index (χ3v) is 6.08. The van der Waals surface area contributed by atoms with E-state index in [9.17, 15) is 26.7 Å². The monoisotopic (exact) mass is 337 g/mol. The Morgan fingerprint density at radius 1 is 1.32 bits per heavy atom. The Morgan fingerprint density at radius 2 is 1.95 bits per heavy atom. The number of rotatable bonds is 3. The Morgan fingerprint density at radius 3 is 2.45 bits per heavy atom. The van der Waals surface area contributed by atoms with Crippen LogP contribution in [0.1, 0.15) is 18.1 Å². The first-order chi connectivity index (χ1) is 10.1. The van der Waals surface area contributed by atoms with Gasteiger partial charge in [0.15, 0.2) is 0 Å². The summed E-state index contributed by atoms with van der Waals surface area (Å²) in [5.74, 6) is -0.230. The molecule has 1 fully saturated rings. The Balaban J connectivity index is 2.42. The molecule has 1 aliphatic heterocycles. The minimum Gasteiger partial charge on any atom is -0.396 e. The van der Waals surface area contributed by atoms with Gasteiger partial charge in [0.2, 0.25) is 10.0 Å². The van der Waals surface area contributed by atoms with Crippen molar-refractivity contribution < 1.29 is 26.7 Å². The number of nitrogens with zero attached hydrogens (tertiary/aromatic N) is 1. The molecule has 1 aromatic rings. The fourth-order valence-electron chi connectivity index (χ4n) is 2.61. The van der Waals surface area contributed by atoms with Crippen molar-refractivity contribution in [1.82, 2.24) is 4.31 Å². The predicted molar refractivity (Wildman–Crippen MR) is 74.7 cm³/mol. The minimum absolute atomic E-state index is 0.0362. The lowest BCUT2D eigenvalue weighted by atomic mass is 10.00. The zero-order valence-electron chi connectivity index (χ0n) is 12.3. The maximum atomic E-state index is 12.8. The summed E-state index contributed by atoms with van der Waals surface area (Å²) in [6, 6.07) is 2.72. The number of alkyl halides is 3. The molecule has 2 atom stereocenters. The van der Waals surface area contributed by atoms with Crippen LogP contribution in [0.2, 0.25) is 0 Å². The van der Waals surface area contributed by atoms with Crippen LogP contribution >= 0.6 is 0 Å². The normalized spacial score (nSPS) is 23.9. The van der Waals surface area contributed by atoms with Gasteiger partial charge in [-0.2, -0.15) is 17.5 Å². The fourth-order valence-corrected chi connectivity index (χ4v) is 4.46. The molecule has 1 aliphatic rings. The van der Waals surface area contributed by atoms with Crippen LogP contribution in [-0.4, -0.2) is 37.5 Å². The molecule has 2 rings (SSSR count). The van der Waals surface area contributed by atoms with Crippen LogP contribution in [-0.2, 0) is 16.2 Å². The highest BCUT2D eigenvalue weighted by molar-refractivity contribution is 7.89. The Hall–Kier alpha value is -1.12. The topological polar surface area (TPSA) is 57.6 Å². The average molecular weight is 337 g/mol. The van der Waals surface area contributed by atoms with E-state index in [0.29, 0.717) is 6.07 Å². The second-order valence-electron chi connectivity index (χ2n) is 5.72. The molecule has 1 heterocycles. The second kappa shape index (κ2) is 5.82. The summed E-state index contributed by atoms with van der Waals surface area (Å²) in [4.78, 5) is -0.326. The molecule has 4 nitrogen and oxygen atoms in total. The molecule has 0 amide bonds. The van der Waals surface area contributed by atoms with Gasteiger partial charge in [0.25, 0.3) is 0 Å². The van der Waals surface area contributed by atoms with Gasteiger partial charge < -0.3 is 5.11 Å². The molecule has 0 bridgehead atoms. The van der Waals surface area contributed by atoms with Gasteiger partial charge in [0.05, 0.1) is 10.5 Å². The molecule has 0 radical (unpaired) electrons. The van der Waals surface area contributed by atoms with Crippen molar-refractivity contribution in [3.63, 3.8) is 0 Å². The van der Waals surface area contributed by atoms with Gasteiger partial charge in [0, 0.05) is 19.7 Å². The Kier molecular flexibility index (Phi) is 4.56. The van der Waals surface area contributed by atoms with Crippen molar-refractivity contribution in [3.05, 3.63) is 29.3 Å². The van der Waals surface area contributed by atoms with Crippen molar-refractivity contribution in [3.8, 4) is 0 Å². The lowest BCUT2D eigenvalue weighted by Crippen LogP contribution is -2.30. The Labute approximate surface area is 127 Å². The lowest BCUT2D eigenvalue weighted by Gasteiger charge is -2.19. The number of hydrogen-bond acceptors (Lipinski definition) is 3. The summed E-state index contributed by atoms with van der Waals surface area (Å²) in [5.41, 5.74) is -0.712. The smallest absolute Gasteiger partial charge is 0.396 e. The second-order valence-corrected chi connectivity index (χ2v) is 7.63. The number of aliphatic hydroxyl groups excluding tert-OH is 1. The first-order valence-electron chi connectivity index (χ1n) is 6.86. The highest BCUT2D eigenvalue weighted by Gasteiger charge is 2.39. The number of aryl methyl sites for hydroxylation is 1. The molecule has 22 heavy (non-hydrogen) atoms. The largest absolute Gasteiger partial charge is 0.416 e. The molecule has 0 unspecified atom stereocenters. The summed E-state index contributed by atoms with van der Waals surface area (Å²) in [5, 5.41) is 9.23. The van der Waals surface area contributed by atoms with Crippen LogP contribution in [0.4, 0.5) is 13.2 Å². The molecule has 1 saturated heterocycles. The zero-order valence-corrected chi connectivity index (χ0v) is 13.1. The summed E-state index contributed by atoms with van der Waals surface area (Å²) in [6.45, 7) is 3.46. The quantitative estimate of drug-likeness (QED) is 0.920. The first kappa shape index (κ1) is 17.2. The van der Waals surface area contributed by atoms with E-state index in [4.69, 9.17) is 0 Å². The summed E-state index contributed by atoms with van der Waals surface area (Å²) >= 11 is 0. The summed E-state index contributed by atoms with van der Waals surface area (Å²) < 4.78 is 64.8. The van der Waals surface area contributed by atoms with Gasteiger partial charge in [0.1, 0.15) is 0 Å². The number of sulfonamides is 1. The van der Waals surface area contributed by atoms with E-state index in [0.717, 1.165) is 10.4 Å². The van der Waals surface area contributed by atoms with Crippen molar-refractivity contribution in [1.29, 1.82) is 0 Å². The molecule has 1 aromatic carbocycles. The zero-order chi connectivity index (χ0) is 16.7. The third kappa shape index (κ3) is 3.13. The van der Waals surface area contributed by atoms with E-state index in [2.05, 4.69) is 0 Å². The maximum absolute atomic E-state index is 12.8. The molecule has 0 spiro atoms. The SMILES string of the molecule is Cc1ccc(C(F)(F)F)cc1S(=O)(=O)N1C[C@@H](CO)[C@H](C)C1. The summed E-state index contributed by atoms with van der Waals surface area (Å²) in [6.07, 6.45) is -4.59. The van der Waals surface area contributed by atoms with Crippen molar-refractivity contribution >= 4 is 10.0 Å². The van der Waals surface area contributed by atoms with Crippen LogP contribution in [0, 0.1) is 18.8 Å². The molecular weight excluding hydrogens is 319 g/mol. The standard InChI is InChI=1S/C14H18F3NO3S/c1-9-3-4-12(14(15,16)17)5-13(9)22(20,21)18-6-10(2)11(7-18)8-19/h3-5,10-11,19H,6-8H2,1-2H3/t10-,11+/m1/s1. The predicted octanol–water partition coefficient (Wildman–Crippen LogP) is 2.26. The fraction of sp³-hybridized carbons (Fsp3) is 0.571. The molecule has 8 heteroatoms. The van der Waals surface area contributed by atoms with Crippen LogP contribution in [0.15, 0.2) is 23.1 Å². The van der Waals surface area contributed by atoms with Crippen molar-refractivity contribution in [2.45, 2.75) is 24.9 Å². The molecule has 0 aliphatic carbocycles. The van der Waals surface area contributed by atoms with Gasteiger partial charge in [-0.3, -0.25) is 0 Å². The number of aliphatic hydroxyl groups is 1. The van der Waals surface area contributed by atoms with Gasteiger partial charge in [-0.1, -0.05) is 13.0 Å². The number of hydrogen-bond donors (Lipinski definition) is 1. The minimum atomic E-state index is -4.59. The molecular formula is C14H18F3NO3S. The summed E-state index contributed by atoms with van der Waals surface area (Å²) in [7, 11) is -4.01. The molecule has 1 N–H and O–H groups in total. The third-order valence-electron chi connectivity index (χ3n) is 4.10. The van der Waals surface area contributed by atoms with Crippen molar-refractivity contribution in [2.24, 2.45) is 11.8 Å². The van der Waals surface area contributed by atoms with E-state index in [1.807, 2.05) is 6.92 Å². The highest BCUT2D eigenvalue weighted by atomic mass is 32.2. The van der Waals surface area contributed by atoms with Gasteiger partial charge in [-0.05, 0) is 36.5 Å². The van der Waals surface area contributed by atoms with E-state index >= 15 is 0 Å². The number of benzene rings is 1. The number of halogens is 3. The van der Waals surface area contributed by atoms with Gasteiger partial charge >= 0.3 is 6.18 Å². The van der Waals surface area contributed by atoms with E-state index in [1.54, 1.807) is 0 Å². The van der Waals surface area contributed by atoms with E-state index in [-0.39, 0.29) is 42.0 Å². The van der Waals surface area contributed by atoms with Crippen LogP contribution < -0.4 is 0 Å². The Bertz CT molecular complexity index is 658. The van der Waals surface area contributed by atoms with Crippen molar-refractivity contribution in [2.75, 3.05) is 19.7 Å². The lowest BCUT2D eigenvalue weighted by molar-refractivity contribution is -0.137. The van der Waals surface area contributed by atoms with E-state index in [1.165, 1.54) is 13.0 Å².